The summed E-state index contributed by atoms with van der Waals surface area (Å²) < 4.78 is 47.5. The summed E-state index contributed by atoms with van der Waals surface area (Å²) in [6.07, 6.45) is 0. The first kappa shape index (κ1) is 18.4. The van der Waals surface area contributed by atoms with Gasteiger partial charge >= 0.3 is 13.0 Å². The number of fused-ring (bicyclic) bond motifs is 4. The Balaban J connectivity index is 0.000000349. The van der Waals surface area contributed by atoms with E-state index in [-0.39, 0.29) is 0 Å². The Morgan fingerprint density at radius 2 is 1.33 bits per heavy atom. The van der Waals surface area contributed by atoms with E-state index in [2.05, 4.69) is 83.3 Å². The lowest BCUT2D eigenvalue weighted by molar-refractivity contribution is -0.485. The van der Waals surface area contributed by atoms with Gasteiger partial charge < -0.3 is 21.7 Å². The SMILES string of the molecule is F[B-](F)(F)F.c1ccc2c(c1)-c1cccc3oc(-c4ccc5ccccc5c4)c-2[n+]13. The maximum atomic E-state index is 9.75. The summed E-state index contributed by atoms with van der Waals surface area (Å²) >= 11 is 0. The van der Waals surface area contributed by atoms with Gasteiger partial charge in [0.05, 0.1) is 17.2 Å². The number of hydrogen-bond acceptors (Lipinski definition) is 1. The zero-order valence-electron chi connectivity index (χ0n) is 15.5. The molecule has 6 rings (SSSR count). The molecule has 2 nitrogen and oxygen atoms in total. The number of rotatable bonds is 1. The second-order valence-electron chi connectivity index (χ2n) is 6.97. The minimum atomic E-state index is -6.00. The Morgan fingerprint density at radius 1 is 0.667 bits per heavy atom. The molecule has 1 aliphatic rings. The summed E-state index contributed by atoms with van der Waals surface area (Å²) in [5, 5.41) is 2.47. The minimum absolute atomic E-state index is 0.881. The monoisotopic (exact) mass is 407 g/mol. The predicted molar refractivity (Wildman–Crippen MR) is 109 cm³/mol. The lowest BCUT2D eigenvalue weighted by atomic mass is 10.0. The highest BCUT2D eigenvalue weighted by Gasteiger charge is 2.37. The summed E-state index contributed by atoms with van der Waals surface area (Å²) in [4.78, 5) is 0. The molecule has 0 saturated carbocycles. The average Bonchev–Trinajstić information content (AvgIpc) is 3.27. The minimum Gasteiger partial charge on any atom is -0.418 e. The predicted octanol–water partition coefficient (Wildman–Crippen LogP) is 6.79. The highest BCUT2D eigenvalue weighted by atomic mass is 19.5. The zero-order chi connectivity index (χ0) is 20.9. The molecular weight excluding hydrogens is 393 g/mol. The van der Waals surface area contributed by atoms with Gasteiger partial charge in [0, 0.05) is 11.6 Å². The molecule has 0 radical (unpaired) electrons. The largest absolute Gasteiger partial charge is 0.673 e. The number of halogens is 4. The van der Waals surface area contributed by atoms with Crippen LogP contribution in [-0.4, -0.2) is 7.25 Å². The first-order valence-corrected chi connectivity index (χ1v) is 9.34. The van der Waals surface area contributed by atoms with E-state index in [1.165, 1.54) is 27.6 Å². The Bertz CT molecular complexity index is 1400. The molecule has 148 valence electrons. The van der Waals surface area contributed by atoms with Gasteiger partial charge in [-0.25, -0.2) is 0 Å². The first-order chi connectivity index (χ1) is 14.4. The van der Waals surface area contributed by atoms with Crippen LogP contribution in [0.15, 0.2) is 89.3 Å². The Hall–Kier alpha value is -3.61. The van der Waals surface area contributed by atoms with E-state index in [0.717, 1.165) is 22.7 Å². The fourth-order valence-corrected chi connectivity index (χ4v) is 3.95. The number of pyridine rings is 1. The molecule has 0 fully saturated rings. The van der Waals surface area contributed by atoms with Crippen molar-refractivity contribution in [1.82, 2.24) is 0 Å². The lowest BCUT2D eigenvalue weighted by Gasteiger charge is -2.01. The van der Waals surface area contributed by atoms with Crippen molar-refractivity contribution in [2.75, 3.05) is 0 Å². The van der Waals surface area contributed by atoms with Crippen molar-refractivity contribution in [2.45, 2.75) is 0 Å². The normalized spacial score (nSPS) is 12.0. The molecule has 0 N–H and O–H groups in total. The number of hydrogen-bond donors (Lipinski definition) is 0. The van der Waals surface area contributed by atoms with Gasteiger partial charge in [-0.2, -0.15) is 0 Å². The Morgan fingerprint density at radius 3 is 2.10 bits per heavy atom. The molecule has 3 heterocycles. The van der Waals surface area contributed by atoms with Crippen LogP contribution in [0.2, 0.25) is 0 Å². The second kappa shape index (κ2) is 6.73. The van der Waals surface area contributed by atoms with Crippen LogP contribution < -0.4 is 4.40 Å². The van der Waals surface area contributed by atoms with Gasteiger partial charge in [0.15, 0.2) is 0 Å². The maximum absolute atomic E-state index is 9.75. The van der Waals surface area contributed by atoms with E-state index in [0.29, 0.717) is 0 Å². The maximum Gasteiger partial charge on any atom is 0.673 e. The zero-order valence-corrected chi connectivity index (χ0v) is 15.5. The summed E-state index contributed by atoms with van der Waals surface area (Å²) in [7, 11) is -6.00. The molecule has 0 spiro atoms. The molecule has 0 aliphatic carbocycles. The third kappa shape index (κ3) is 3.12. The lowest BCUT2D eigenvalue weighted by Crippen LogP contribution is -2.20. The smallest absolute Gasteiger partial charge is 0.418 e. The quantitative estimate of drug-likeness (QED) is 0.167. The van der Waals surface area contributed by atoms with Crippen LogP contribution in [0.1, 0.15) is 0 Å². The molecule has 0 amide bonds. The summed E-state index contributed by atoms with van der Waals surface area (Å²) in [5.41, 5.74) is 6.83. The van der Waals surface area contributed by atoms with E-state index < -0.39 is 7.25 Å². The van der Waals surface area contributed by atoms with E-state index in [4.69, 9.17) is 4.42 Å². The van der Waals surface area contributed by atoms with Crippen molar-refractivity contribution >= 4 is 23.7 Å². The van der Waals surface area contributed by atoms with Crippen molar-refractivity contribution < 1.29 is 26.1 Å². The van der Waals surface area contributed by atoms with Gasteiger partial charge in [-0.1, -0.05) is 48.5 Å². The van der Waals surface area contributed by atoms with Crippen molar-refractivity contribution in [3.05, 3.63) is 84.9 Å². The van der Waals surface area contributed by atoms with E-state index in [9.17, 15) is 17.3 Å². The van der Waals surface area contributed by atoms with Gasteiger partial charge in [-0.3, -0.25) is 0 Å². The van der Waals surface area contributed by atoms with Crippen LogP contribution in [0.25, 0.3) is 50.3 Å². The van der Waals surface area contributed by atoms with Crippen LogP contribution in [0.4, 0.5) is 17.3 Å². The van der Waals surface area contributed by atoms with Crippen molar-refractivity contribution in [1.29, 1.82) is 0 Å². The molecule has 30 heavy (non-hydrogen) atoms. The van der Waals surface area contributed by atoms with Crippen LogP contribution in [-0.2, 0) is 0 Å². The molecule has 0 bridgehead atoms. The number of aromatic nitrogens is 1. The molecular formula is C23H14BF4NO. The fraction of sp³-hybridized carbons (Fsp3) is 0. The first-order valence-electron chi connectivity index (χ1n) is 9.34. The summed E-state index contributed by atoms with van der Waals surface area (Å²) in [6.45, 7) is 0. The van der Waals surface area contributed by atoms with Gasteiger partial charge in [-0.15, -0.1) is 4.40 Å². The van der Waals surface area contributed by atoms with Gasteiger partial charge in [0.25, 0.3) is 5.69 Å². The van der Waals surface area contributed by atoms with E-state index in [1.807, 2.05) is 6.07 Å². The Kier molecular flexibility index (Phi) is 4.13. The van der Waals surface area contributed by atoms with Crippen LogP contribution in [0.3, 0.4) is 0 Å². The molecule has 3 aromatic carbocycles. The molecule has 7 heteroatoms. The molecule has 0 saturated heterocycles. The molecule has 1 aliphatic heterocycles. The highest BCUT2D eigenvalue weighted by molar-refractivity contribution is 6.50. The molecule has 5 aromatic rings. The van der Waals surface area contributed by atoms with Crippen LogP contribution >= 0.6 is 0 Å². The summed E-state index contributed by atoms with van der Waals surface area (Å²) in [5.74, 6) is 0.933. The fourth-order valence-electron chi connectivity index (χ4n) is 3.95. The molecule has 0 unspecified atom stereocenters. The second-order valence-corrected chi connectivity index (χ2v) is 6.97. The average molecular weight is 407 g/mol. The van der Waals surface area contributed by atoms with E-state index in [1.54, 1.807) is 0 Å². The number of oxazole rings is 1. The molecule has 2 aromatic heterocycles. The van der Waals surface area contributed by atoms with Crippen molar-refractivity contribution in [2.24, 2.45) is 0 Å². The molecule has 0 atom stereocenters. The Labute approximate surface area is 169 Å². The number of nitrogens with zero attached hydrogens (tertiary/aromatic N) is 1. The topological polar surface area (TPSA) is 17.2 Å². The third-order valence-electron chi connectivity index (χ3n) is 5.07. The van der Waals surface area contributed by atoms with Gasteiger partial charge in [0.1, 0.15) is 0 Å². The van der Waals surface area contributed by atoms with Gasteiger partial charge in [0.2, 0.25) is 11.5 Å². The third-order valence-corrected chi connectivity index (χ3v) is 5.07. The van der Waals surface area contributed by atoms with E-state index >= 15 is 0 Å². The van der Waals surface area contributed by atoms with Gasteiger partial charge in [-0.05, 0) is 35.0 Å². The van der Waals surface area contributed by atoms with Crippen molar-refractivity contribution in [3.8, 4) is 33.8 Å². The highest BCUT2D eigenvalue weighted by Crippen LogP contribution is 2.42. The summed E-state index contributed by atoms with van der Waals surface area (Å²) in [6, 6.07) is 29.7. The van der Waals surface area contributed by atoms with Crippen LogP contribution in [0.5, 0.6) is 0 Å². The van der Waals surface area contributed by atoms with Crippen molar-refractivity contribution in [3.63, 3.8) is 0 Å². The van der Waals surface area contributed by atoms with Crippen LogP contribution in [0, 0.1) is 0 Å². The number of benzene rings is 3. The standard InChI is InChI=1S/C23H14NO.BF4/c1-2-7-16-14-17(13-12-15(16)6-1)23-22-19-9-4-3-8-18(19)20-10-5-11-21(25-23)24(20)22;2-1(3,4)5/h1-14H;/q+1;-1.